The molecule has 1 rings (SSSR count). The fraction of sp³-hybridized carbons (Fsp3) is 0.400. The maximum atomic E-state index is 11.2. The lowest BCUT2D eigenvalue weighted by Crippen LogP contribution is -2.32. The average molecular weight is 225 g/mol. The van der Waals surface area contributed by atoms with E-state index in [1.807, 2.05) is 0 Å². The number of aliphatic hydroxyl groups excluding tert-OH is 2. The maximum absolute atomic E-state index is 11.2. The van der Waals surface area contributed by atoms with Gasteiger partial charge >= 0.3 is 0 Å². The number of carbonyl (C=O) groups excluding carboxylic acids is 1. The van der Waals surface area contributed by atoms with Crippen LogP contribution in [0.5, 0.6) is 0 Å². The monoisotopic (exact) mass is 225 g/mol. The molecule has 0 saturated heterocycles. The molecule has 0 fully saturated rings. The lowest BCUT2D eigenvalue weighted by molar-refractivity contribution is -0.117. The van der Waals surface area contributed by atoms with E-state index in [2.05, 4.69) is 10.4 Å². The number of carbonyl (C=O) groups is 1. The van der Waals surface area contributed by atoms with Crippen molar-refractivity contribution in [3.8, 4) is 0 Å². The second-order valence-electron chi connectivity index (χ2n) is 3.36. The summed E-state index contributed by atoms with van der Waals surface area (Å²) in [5.41, 5.74) is 0.820. The summed E-state index contributed by atoms with van der Waals surface area (Å²) in [6.07, 6.45) is 5.45. The summed E-state index contributed by atoms with van der Waals surface area (Å²) in [4.78, 5) is 11.2. The number of rotatable bonds is 5. The van der Waals surface area contributed by atoms with Gasteiger partial charge in [0.1, 0.15) is 0 Å². The summed E-state index contributed by atoms with van der Waals surface area (Å²) in [5.74, 6) is -0.323. The quantitative estimate of drug-likeness (QED) is 0.555. The number of aryl methyl sites for hydroxylation is 1. The van der Waals surface area contributed by atoms with Gasteiger partial charge in [-0.1, -0.05) is 0 Å². The third-order valence-electron chi connectivity index (χ3n) is 1.87. The number of aromatic nitrogens is 2. The number of amides is 1. The zero-order valence-corrected chi connectivity index (χ0v) is 9.00. The van der Waals surface area contributed by atoms with Crippen molar-refractivity contribution in [3.05, 3.63) is 24.0 Å². The summed E-state index contributed by atoms with van der Waals surface area (Å²) < 4.78 is 1.63. The molecule has 1 aromatic heterocycles. The Kier molecular flexibility index (Phi) is 4.68. The van der Waals surface area contributed by atoms with Crippen LogP contribution in [0.2, 0.25) is 0 Å². The van der Waals surface area contributed by atoms with Crippen LogP contribution in [-0.2, 0) is 11.8 Å². The molecule has 1 atom stereocenters. The topological polar surface area (TPSA) is 87.4 Å². The zero-order valence-electron chi connectivity index (χ0n) is 9.00. The number of nitrogens with zero attached hydrogens (tertiary/aromatic N) is 2. The summed E-state index contributed by atoms with van der Waals surface area (Å²) >= 11 is 0. The van der Waals surface area contributed by atoms with Gasteiger partial charge < -0.3 is 15.5 Å². The van der Waals surface area contributed by atoms with Gasteiger partial charge in [0.15, 0.2) is 0 Å². The Morgan fingerprint density at radius 1 is 1.75 bits per heavy atom. The highest BCUT2D eigenvalue weighted by molar-refractivity contribution is 5.91. The molecule has 0 radical (unpaired) electrons. The molecule has 0 aliphatic carbocycles. The highest BCUT2D eigenvalue weighted by Crippen LogP contribution is 1.98. The van der Waals surface area contributed by atoms with Crippen molar-refractivity contribution in [1.29, 1.82) is 0 Å². The van der Waals surface area contributed by atoms with Crippen LogP contribution in [0.25, 0.3) is 6.08 Å². The highest BCUT2D eigenvalue weighted by Gasteiger charge is 2.02. The van der Waals surface area contributed by atoms with Gasteiger partial charge in [-0.2, -0.15) is 5.10 Å². The fourth-order valence-corrected chi connectivity index (χ4v) is 1.04. The van der Waals surface area contributed by atoms with Gasteiger partial charge in [-0.15, -0.1) is 0 Å². The first-order valence-electron chi connectivity index (χ1n) is 4.85. The van der Waals surface area contributed by atoms with E-state index in [4.69, 9.17) is 10.2 Å². The fourth-order valence-electron chi connectivity index (χ4n) is 1.04. The van der Waals surface area contributed by atoms with Gasteiger partial charge in [0.25, 0.3) is 0 Å². The minimum absolute atomic E-state index is 0.0344. The van der Waals surface area contributed by atoms with Gasteiger partial charge in [0.05, 0.1) is 18.9 Å². The van der Waals surface area contributed by atoms with Crippen LogP contribution in [0.4, 0.5) is 0 Å². The molecule has 16 heavy (non-hydrogen) atoms. The lowest BCUT2D eigenvalue weighted by Gasteiger charge is -2.06. The van der Waals surface area contributed by atoms with Crippen LogP contribution < -0.4 is 5.32 Å². The predicted molar refractivity (Wildman–Crippen MR) is 58.3 cm³/mol. The van der Waals surface area contributed by atoms with Gasteiger partial charge in [-0.25, -0.2) is 0 Å². The molecule has 0 aliphatic heterocycles. The Balaban J connectivity index is 2.36. The SMILES string of the molecule is Cn1cc(C=CC(=O)NCC(O)CO)cn1. The molecule has 0 aliphatic rings. The van der Waals surface area contributed by atoms with E-state index < -0.39 is 6.10 Å². The Morgan fingerprint density at radius 3 is 3.06 bits per heavy atom. The van der Waals surface area contributed by atoms with Crippen LogP contribution in [0.1, 0.15) is 5.56 Å². The molecule has 6 heteroatoms. The largest absolute Gasteiger partial charge is 0.394 e. The van der Waals surface area contributed by atoms with Crippen LogP contribution in [0, 0.1) is 0 Å². The second kappa shape index (κ2) is 6.04. The third kappa shape index (κ3) is 4.24. The molecule has 1 aromatic rings. The molecule has 0 spiro atoms. The number of nitrogens with one attached hydrogen (secondary N) is 1. The Hall–Kier alpha value is -1.66. The third-order valence-corrected chi connectivity index (χ3v) is 1.87. The Morgan fingerprint density at radius 2 is 2.50 bits per heavy atom. The van der Waals surface area contributed by atoms with Crippen molar-refractivity contribution in [2.45, 2.75) is 6.10 Å². The van der Waals surface area contributed by atoms with E-state index in [1.54, 1.807) is 30.2 Å². The molecule has 0 saturated carbocycles. The van der Waals surface area contributed by atoms with E-state index in [9.17, 15) is 4.79 Å². The van der Waals surface area contributed by atoms with Crippen molar-refractivity contribution >= 4 is 12.0 Å². The second-order valence-corrected chi connectivity index (χ2v) is 3.36. The smallest absolute Gasteiger partial charge is 0.244 e. The van der Waals surface area contributed by atoms with Crippen molar-refractivity contribution in [2.75, 3.05) is 13.2 Å². The lowest BCUT2D eigenvalue weighted by atomic mass is 10.3. The minimum atomic E-state index is -0.921. The minimum Gasteiger partial charge on any atom is -0.394 e. The summed E-state index contributed by atoms with van der Waals surface area (Å²) in [5, 5.41) is 23.9. The normalized spacial score (nSPS) is 12.9. The van der Waals surface area contributed by atoms with Crippen LogP contribution in [0.3, 0.4) is 0 Å². The van der Waals surface area contributed by atoms with E-state index >= 15 is 0 Å². The number of aliphatic hydroxyl groups is 2. The average Bonchev–Trinajstić information content (AvgIpc) is 2.69. The van der Waals surface area contributed by atoms with Gasteiger partial charge in [-0.3, -0.25) is 9.48 Å². The number of hydrogen-bond acceptors (Lipinski definition) is 4. The molecule has 88 valence electrons. The molecular weight excluding hydrogens is 210 g/mol. The molecule has 1 unspecified atom stereocenters. The van der Waals surface area contributed by atoms with Crippen LogP contribution in [-0.4, -0.2) is 45.2 Å². The van der Waals surface area contributed by atoms with Crippen molar-refractivity contribution < 1.29 is 15.0 Å². The van der Waals surface area contributed by atoms with E-state index in [1.165, 1.54) is 6.08 Å². The van der Waals surface area contributed by atoms with Crippen molar-refractivity contribution in [3.63, 3.8) is 0 Å². The first-order valence-corrected chi connectivity index (χ1v) is 4.85. The molecular formula is C10H15N3O3. The van der Waals surface area contributed by atoms with Gasteiger partial charge in [0.2, 0.25) is 5.91 Å². The predicted octanol–water partition coefficient (Wildman–Crippen LogP) is -1.10. The van der Waals surface area contributed by atoms with Crippen LogP contribution >= 0.6 is 0 Å². The molecule has 0 bridgehead atoms. The summed E-state index contributed by atoms with van der Waals surface area (Å²) in [6.45, 7) is -0.334. The maximum Gasteiger partial charge on any atom is 0.244 e. The summed E-state index contributed by atoms with van der Waals surface area (Å²) in [6, 6.07) is 0. The molecule has 3 N–H and O–H groups in total. The standard InChI is InChI=1S/C10H15N3O3/c1-13-6-8(4-12-13)2-3-10(16)11-5-9(15)7-14/h2-4,6,9,14-15H,5,7H2,1H3,(H,11,16). The molecule has 1 heterocycles. The first-order chi connectivity index (χ1) is 7.61. The Labute approximate surface area is 93.2 Å². The first kappa shape index (κ1) is 12.4. The van der Waals surface area contributed by atoms with E-state index in [0.29, 0.717) is 0 Å². The summed E-state index contributed by atoms with van der Waals surface area (Å²) in [7, 11) is 1.79. The van der Waals surface area contributed by atoms with Crippen molar-refractivity contribution in [2.24, 2.45) is 7.05 Å². The molecule has 0 aromatic carbocycles. The zero-order chi connectivity index (χ0) is 12.0. The van der Waals surface area contributed by atoms with Crippen molar-refractivity contribution in [1.82, 2.24) is 15.1 Å². The van der Waals surface area contributed by atoms with Gasteiger partial charge in [-0.05, 0) is 6.08 Å². The molecule has 6 nitrogen and oxygen atoms in total. The van der Waals surface area contributed by atoms with Gasteiger partial charge in [0, 0.05) is 31.4 Å². The van der Waals surface area contributed by atoms with E-state index in [0.717, 1.165) is 5.56 Å². The van der Waals surface area contributed by atoms with E-state index in [-0.39, 0.29) is 19.1 Å². The highest BCUT2D eigenvalue weighted by atomic mass is 16.3. The van der Waals surface area contributed by atoms with Crippen LogP contribution in [0.15, 0.2) is 18.5 Å². The Bertz CT molecular complexity index is 373. The molecule has 1 amide bonds. The number of hydrogen-bond donors (Lipinski definition) is 3.